The minimum atomic E-state index is -0.388. The summed E-state index contributed by atoms with van der Waals surface area (Å²) in [5.41, 5.74) is 2.23. The van der Waals surface area contributed by atoms with Gasteiger partial charge in [-0.1, -0.05) is 19.1 Å². The first-order valence-electron chi connectivity index (χ1n) is 8.02. The lowest BCUT2D eigenvalue weighted by molar-refractivity contribution is 0.227. The van der Waals surface area contributed by atoms with Crippen molar-refractivity contribution in [3.63, 3.8) is 0 Å². The van der Waals surface area contributed by atoms with Crippen molar-refractivity contribution < 1.29 is 9.52 Å². The van der Waals surface area contributed by atoms with Crippen LogP contribution in [0.5, 0.6) is 5.75 Å². The van der Waals surface area contributed by atoms with Crippen LogP contribution in [0.2, 0.25) is 0 Å². The summed E-state index contributed by atoms with van der Waals surface area (Å²) in [5, 5.41) is 9.22. The highest BCUT2D eigenvalue weighted by atomic mass is 16.4. The van der Waals surface area contributed by atoms with Gasteiger partial charge in [0.2, 0.25) is 5.43 Å². The molecule has 5 heteroatoms. The molecule has 1 N–H and O–H groups in total. The normalized spacial score (nSPS) is 15.8. The zero-order valence-electron chi connectivity index (χ0n) is 13.4. The average Bonchev–Trinajstić information content (AvgIpc) is 2.59. The minimum Gasteiger partial charge on any atom is -0.502 e. The predicted molar refractivity (Wildman–Crippen MR) is 90.0 cm³/mol. The molecule has 23 heavy (non-hydrogen) atoms. The van der Waals surface area contributed by atoms with Crippen LogP contribution >= 0.6 is 0 Å². The molecular formula is C18H22N2O3. The van der Waals surface area contributed by atoms with E-state index in [0.29, 0.717) is 12.3 Å². The Hall–Kier alpha value is -2.27. The predicted octanol–water partition coefficient (Wildman–Crippen LogP) is 2.23. The topological polar surface area (TPSA) is 56.9 Å². The highest BCUT2D eigenvalue weighted by Gasteiger charge is 2.18. The van der Waals surface area contributed by atoms with Gasteiger partial charge >= 0.3 is 0 Å². The lowest BCUT2D eigenvalue weighted by atomic mass is 10.1. The van der Waals surface area contributed by atoms with E-state index in [1.165, 1.54) is 17.3 Å². The maximum atomic E-state index is 11.4. The van der Waals surface area contributed by atoms with Crippen LogP contribution in [0.3, 0.4) is 0 Å². The molecule has 0 bridgehead atoms. The summed E-state index contributed by atoms with van der Waals surface area (Å²) in [7, 11) is 0. The van der Waals surface area contributed by atoms with E-state index >= 15 is 0 Å². The lowest BCUT2D eigenvalue weighted by Gasteiger charge is -2.35. The van der Waals surface area contributed by atoms with E-state index in [-0.39, 0.29) is 11.2 Å². The molecule has 1 aliphatic rings. The standard InChI is InChI=1S/C18H22N2O3/c1-2-14-3-5-15(6-4-14)20-9-7-19(8-10-20)12-16-11-17(21)18(22)13-23-16/h3-6,11,13,22H,2,7-10,12H2,1H3. The number of aromatic hydroxyl groups is 1. The van der Waals surface area contributed by atoms with Gasteiger partial charge in [-0.05, 0) is 24.1 Å². The van der Waals surface area contributed by atoms with Crippen LogP contribution in [0.4, 0.5) is 5.69 Å². The summed E-state index contributed by atoms with van der Waals surface area (Å²) in [6.45, 7) is 6.50. The Kier molecular flexibility index (Phi) is 4.67. The van der Waals surface area contributed by atoms with Crippen molar-refractivity contribution in [2.75, 3.05) is 31.1 Å². The summed E-state index contributed by atoms with van der Waals surface area (Å²) < 4.78 is 5.27. The Balaban J connectivity index is 1.57. The van der Waals surface area contributed by atoms with Crippen molar-refractivity contribution in [2.45, 2.75) is 19.9 Å². The first-order valence-corrected chi connectivity index (χ1v) is 8.02. The average molecular weight is 314 g/mol. The van der Waals surface area contributed by atoms with Gasteiger partial charge in [0, 0.05) is 37.9 Å². The zero-order chi connectivity index (χ0) is 16.2. The quantitative estimate of drug-likeness (QED) is 0.938. The van der Waals surface area contributed by atoms with Gasteiger partial charge in [-0.15, -0.1) is 0 Å². The van der Waals surface area contributed by atoms with Crippen LogP contribution in [-0.2, 0) is 13.0 Å². The molecule has 1 fully saturated rings. The van der Waals surface area contributed by atoms with Crippen LogP contribution in [-0.4, -0.2) is 36.2 Å². The Morgan fingerprint density at radius 1 is 1.13 bits per heavy atom. The van der Waals surface area contributed by atoms with E-state index in [1.54, 1.807) is 0 Å². The number of aryl methyl sites for hydroxylation is 1. The smallest absolute Gasteiger partial charge is 0.226 e. The first-order chi connectivity index (χ1) is 11.2. The van der Waals surface area contributed by atoms with Gasteiger partial charge in [-0.25, -0.2) is 0 Å². The maximum Gasteiger partial charge on any atom is 0.226 e. The number of hydrogen-bond acceptors (Lipinski definition) is 5. The minimum absolute atomic E-state index is 0.339. The molecule has 0 spiro atoms. The molecule has 1 aliphatic heterocycles. The molecular weight excluding hydrogens is 292 g/mol. The Morgan fingerprint density at radius 3 is 2.43 bits per heavy atom. The monoisotopic (exact) mass is 314 g/mol. The zero-order valence-corrected chi connectivity index (χ0v) is 13.4. The number of anilines is 1. The molecule has 1 aromatic heterocycles. The van der Waals surface area contributed by atoms with Crippen LogP contribution < -0.4 is 10.3 Å². The van der Waals surface area contributed by atoms with Gasteiger partial charge in [0.15, 0.2) is 5.75 Å². The molecule has 3 rings (SSSR count). The van der Waals surface area contributed by atoms with Crippen LogP contribution in [0.25, 0.3) is 0 Å². The first kappa shape index (κ1) is 15.6. The van der Waals surface area contributed by atoms with Gasteiger partial charge in [0.1, 0.15) is 12.0 Å². The van der Waals surface area contributed by atoms with Crippen LogP contribution in [0, 0.1) is 0 Å². The van der Waals surface area contributed by atoms with Gasteiger partial charge < -0.3 is 14.4 Å². The third-order valence-electron chi connectivity index (χ3n) is 4.33. The molecule has 122 valence electrons. The third kappa shape index (κ3) is 3.74. The lowest BCUT2D eigenvalue weighted by Crippen LogP contribution is -2.46. The molecule has 0 amide bonds. The number of hydrogen-bond donors (Lipinski definition) is 1. The summed E-state index contributed by atoms with van der Waals surface area (Å²) >= 11 is 0. The Labute approximate surface area is 135 Å². The van der Waals surface area contributed by atoms with E-state index in [2.05, 4.69) is 41.0 Å². The number of benzene rings is 1. The molecule has 0 aliphatic carbocycles. The van der Waals surface area contributed by atoms with Gasteiger partial charge in [-0.2, -0.15) is 0 Å². The van der Waals surface area contributed by atoms with E-state index in [0.717, 1.165) is 38.9 Å². The van der Waals surface area contributed by atoms with Gasteiger partial charge in [0.05, 0.1) is 6.54 Å². The van der Waals surface area contributed by atoms with E-state index in [9.17, 15) is 9.90 Å². The second-order valence-corrected chi connectivity index (χ2v) is 5.88. The van der Waals surface area contributed by atoms with Crippen molar-refractivity contribution in [3.8, 4) is 5.75 Å². The molecule has 0 unspecified atom stereocenters. The summed E-state index contributed by atoms with van der Waals surface area (Å²) in [6.07, 6.45) is 2.18. The molecule has 5 nitrogen and oxygen atoms in total. The van der Waals surface area contributed by atoms with E-state index in [4.69, 9.17) is 4.42 Å². The number of piperazine rings is 1. The highest BCUT2D eigenvalue weighted by Crippen LogP contribution is 2.18. The molecule has 0 atom stereocenters. The molecule has 1 saturated heterocycles. The number of rotatable bonds is 4. The fourth-order valence-corrected chi connectivity index (χ4v) is 2.85. The second kappa shape index (κ2) is 6.87. The summed E-state index contributed by atoms with van der Waals surface area (Å²) in [4.78, 5) is 16.1. The van der Waals surface area contributed by atoms with Crippen molar-refractivity contribution >= 4 is 5.69 Å². The molecule has 0 saturated carbocycles. The summed E-state index contributed by atoms with van der Waals surface area (Å²) in [5.74, 6) is 0.252. The van der Waals surface area contributed by atoms with E-state index in [1.807, 2.05) is 0 Å². The summed E-state index contributed by atoms with van der Waals surface area (Å²) in [6, 6.07) is 10.1. The Bertz CT molecular complexity index is 701. The van der Waals surface area contributed by atoms with Gasteiger partial charge in [-0.3, -0.25) is 9.69 Å². The van der Waals surface area contributed by atoms with Crippen LogP contribution in [0.15, 0.2) is 45.8 Å². The van der Waals surface area contributed by atoms with E-state index < -0.39 is 0 Å². The fourth-order valence-electron chi connectivity index (χ4n) is 2.85. The Morgan fingerprint density at radius 2 is 1.83 bits per heavy atom. The van der Waals surface area contributed by atoms with Crippen molar-refractivity contribution in [2.24, 2.45) is 0 Å². The molecule has 1 aromatic carbocycles. The number of nitrogens with zero attached hydrogens (tertiary/aromatic N) is 2. The largest absolute Gasteiger partial charge is 0.502 e. The fraction of sp³-hybridized carbons (Fsp3) is 0.389. The SMILES string of the molecule is CCc1ccc(N2CCN(Cc3cc(=O)c(O)co3)CC2)cc1. The van der Waals surface area contributed by atoms with Crippen LogP contribution in [0.1, 0.15) is 18.2 Å². The highest BCUT2D eigenvalue weighted by molar-refractivity contribution is 5.48. The third-order valence-corrected chi connectivity index (χ3v) is 4.33. The maximum absolute atomic E-state index is 11.4. The van der Waals surface area contributed by atoms with Crippen molar-refractivity contribution in [3.05, 3.63) is 58.1 Å². The molecule has 0 radical (unpaired) electrons. The molecule has 2 aromatic rings. The van der Waals surface area contributed by atoms with Gasteiger partial charge in [0.25, 0.3) is 0 Å². The van der Waals surface area contributed by atoms with Crippen molar-refractivity contribution in [1.82, 2.24) is 4.90 Å². The second-order valence-electron chi connectivity index (χ2n) is 5.88. The van der Waals surface area contributed by atoms with Crippen molar-refractivity contribution in [1.29, 1.82) is 0 Å². The molecule has 2 heterocycles.